The molecule has 0 aliphatic heterocycles. The van der Waals surface area contributed by atoms with E-state index < -0.39 is 11.1 Å². The lowest BCUT2D eigenvalue weighted by molar-refractivity contribution is 0.634. The molecule has 2 atom stereocenters. The fraction of sp³-hybridized carbons (Fsp3) is 0.333. The van der Waals surface area contributed by atoms with Crippen LogP contribution in [0.15, 0.2) is 26.2 Å². The van der Waals surface area contributed by atoms with Crippen LogP contribution >= 0.6 is 25.2 Å². The molecule has 102 valence electrons. The summed E-state index contributed by atoms with van der Waals surface area (Å²) in [4.78, 5) is 28.0. The van der Waals surface area contributed by atoms with Gasteiger partial charge >= 0.3 is 11.1 Å². The molecule has 0 saturated carbocycles. The quantitative estimate of drug-likeness (QED) is 0.583. The number of benzene rings is 1. The summed E-state index contributed by atoms with van der Waals surface area (Å²) in [5.74, 6) is 0.309. The third-order valence-electron chi connectivity index (χ3n) is 2.87. The predicted molar refractivity (Wildman–Crippen MR) is 83.5 cm³/mol. The zero-order chi connectivity index (χ0) is 14.0. The molecule has 2 rings (SSSR count). The van der Waals surface area contributed by atoms with E-state index >= 15 is 0 Å². The van der Waals surface area contributed by atoms with Gasteiger partial charge in [0.1, 0.15) is 0 Å². The molecule has 2 aromatic rings. The maximum atomic E-state index is 11.4. The molecule has 1 aromatic heterocycles. The van der Waals surface area contributed by atoms with E-state index in [2.05, 4.69) is 47.4 Å². The second-order valence-electron chi connectivity index (χ2n) is 4.29. The first kappa shape index (κ1) is 14.4. The molecular weight excluding hydrogens is 329 g/mol. The highest BCUT2D eigenvalue weighted by Gasteiger charge is 2.08. The van der Waals surface area contributed by atoms with Crippen molar-refractivity contribution in [2.24, 2.45) is 0 Å². The maximum Gasteiger partial charge on any atom is 0.314 e. The van der Waals surface area contributed by atoms with Crippen LogP contribution in [0, 0.1) is 0 Å². The van der Waals surface area contributed by atoms with Crippen molar-refractivity contribution in [3.63, 3.8) is 0 Å². The van der Waals surface area contributed by atoms with Crippen LogP contribution in [-0.4, -0.2) is 15.8 Å². The molecule has 19 heavy (non-hydrogen) atoms. The maximum absolute atomic E-state index is 11.4. The van der Waals surface area contributed by atoms with Crippen LogP contribution in [0.1, 0.15) is 18.9 Å². The topological polar surface area (TPSA) is 77.8 Å². The average molecular weight is 344 g/mol. The van der Waals surface area contributed by atoms with Gasteiger partial charge in [-0.15, -0.1) is 9.24 Å². The van der Waals surface area contributed by atoms with Crippen LogP contribution in [0.4, 0.5) is 0 Å². The Hall–Kier alpha value is -0.970. The first-order valence-corrected chi connectivity index (χ1v) is 7.41. The van der Waals surface area contributed by atoms with Gasteiger partial charge in [0, 0.05) is 16.8 Å². The van der Waals surface area contributed by atoms with Gasteiger partial charge in [-0.05, 0) is 24.1 Å². The molecule has 0 fully saturated rings. The lowest BCUT2D eigenvalue weighted by Crippen LogP contribution is -2.30. The number of aromatic amines is 2. The summed E-state index contributed by atoms with van der Waals surface area (Å²) in [6.07, 6.45) is 0.990. The van der Waals surface area contributed by atoms with Crippen molar-refractivity contribution in [2.75, 3.05) is 0 Å². The van der Waals surface area contributed by atoms with Crippen molar-refractivity contribution in [1.82, 2.24) is 15.3 Å². The lowest BCUT2D eigenvalue weighted by Gasteiger charge is -2.13. The summed E-state index contributed by atoms with van der Waals surface area (Å²) in [6.45, 7) is 2.70. The molecule has 0 bridgehead atoms. The molecule has 0 spiro atoms. The Morgan fingerprint density at radius 2 is 2.00 bits per heavy atom. The molecule has 1 aromatic carbocycles. The van der Waals surface area contributed by atoms with Crippen LogP contribution in [0.5, 0.6) is 0 Å². The number of aromatic nitrogens is 2. The minimum absolute atomic E-state index is 0.309. The van der Waals surface area contributed by atoms with E-state index in [4.69, 9.17) is 0 Å². The first-order chi connectivity index (χ1) is 9.01. The summed E-state index contributed by atoms with van der Waals surface area (Å²) >= 11 is 3.40. The van der Waals surface area contributed by atoms with Crippen molar-refractivity contribution < 1.29 is 0 Å². The van der Waals surface area contributed by atoms with Gasteiger partial charge in [-0.25, -0.2) is 0 Å². The number of hydrogen-bond donors (Lipinski definition) is 3. The van der Waals surface area contributed by atoms with Gasteiger partial charge in [0.05, 0.1) is 11.0 Å². The second-order valence-corrected chi connectivity index (χ2v) is 6.01. The summed E-state index contributed by atoms with van der Waals surface area (Å²) in [7, 11) is 2.72. The highest BCUT2D eigenvalue weighted by atomic mass is 79.9. The van der Waals surface area contributed by atoms with Gasteiger partial charge in [-0.2, -0.15) is 0 Å². The molecule has 7 heteroatoms. The van der Waals surface area contributed by atoms with Gasteiger partial charge in [-0.3, -0.25) is 9.59 Å². The molecule has 2 unspecified atom stereocenters. The average Bonchev–Trinajstić information content (AvgIpc) is 2.37. The van der Waals surface area contributed by atoms with Gasteiger partial charge in [0.25, 0.3) is 0 Å². The van der Waals surface area contributed by atoms with Crippen LogP contribution in [0.25, 0.3) is 11.0 Å². The van der Waals surface area contributed by atoms with E-state index in [0.717, 1.165) is 16.5 Å². The Labute approximate surface area is 120 Å². The Morgan fingerprint density at radius 3 is 2.68 bits per heavy atom. The number of H-pyrrole nitrogens is 2. The number of hydrogen-bond acceptors (Lipinski definition) is 3. The largest absolute Gasteiger partial charge is 0.316 e. The first-order valence-electron chi connectivity index (χ1n) is 5.95. The standard InChI is InChI=1S/C12H15BrN3O2P/c1-2-9(19)14-5-6-3-7(13)4-8-10(6)16-12(18)11(17)15-8/h3-4,9,14H,2,5,19H2,1H3,(H,15,17)(H,16,18). The third-order valence-corrected chi connectivity index (χ3v) is 4.04. The number of nitrogens with one attached hydrogen (secondary N) is 3. The Morgan fingerprint density at radius 1 is 1.32 bits per heavy atom. The monoisotopic (exact) mass is 343 g/mol. The minimum atomic E-state index is -0.637. The van der Waals surface area contributed by atoms with Crippen LogP contribution in [0.3, 0.4) is 0 Å². The normalized spacial score (nSPS) is 12.8. The summed E-state index contributed by atoms with van der Waals surface area (Å²) in [5, 5.41) is 3.33. The summed E-state index contributed by atoms with van der Waals surface area (Å²) < 4.78 is 0.858. The molecule has 0 amide bonds. The van der Waals surface area contributed by atoms with E-state index in [1.54, 1.807) is 6.07 Å². The van der Waals surface area contributed by atoms with Crippen LogP contribution in [0.2, 0.25) is 0 Å². The van der Waals surface area contributed by atoms with Crippen molar-refractivity contribution >= 4 is 36.2 Å². The van der Waals surface area contributed by atoms with Crippen LogP contribution in [-0.2, 0) is 6.54 Å². The smallest absolute Gasteiger partial charge is 0.314 e. The molecule has 1 heterocycles. The van der Waals surface area contributed by atoms with Crippen molar-refractivity contribution in [1.29, 1.82) is 0 Å². The van der Waals surface area contributed by atoms with E-state index in [1.807, 2.05) is 6.07 Å². The molecule has 0 aliphatic carbocycles. The highest BCUT2D eigenvalue weighted by molar-refractivity contribution is 9.10. The molecule has 3 N–H and O–H groups in total. The molecule has 5 nitrogen and oxygen atoms in total. The Kier molecular flexibility index (Phi) is 4.55. The molecule has 0 radical (unpaired) electrons. The number of rotatable bonds is 4. The fourth-order valence-electron chi connectivity index (χ4n) is 1.78. The van der Waals surface area contributed by atoms with Gasteiger partial charge < -0.3 is 15.3 Å². The van der Waals surface area contributed by atoms with Crippen molar-refractivity contribution in [3.05, 3.63) is 42.9 Å². The van der Waals surface area contributed by atoms with E-state index in [9.17, 15) is 9.59 Å². The fourth-order valence-corrected chi connectivity index (χ4v) is 2.41. The van der Waals surface area contributed by atoms with E-state index in [0.29, 0.717) is 23.4 Å². The predicted octanol–water partition coefficient (Wildman–Crippen LogP) is 1.68. The SMILES string of the molecule is CCC(P)NCc1cc(Br)cc2[nH]c(=O)c(=O)[nH]c12. The Bertz CT molecular complexity index is 710. The molecule has 0 aliphatic rings. The van der Waals surface area contributed by atoms with Gasteiger partial charge in [0.2, 0.25) is 0 Å². The van der Waals surface area contributed by atoms with Crippen molar-refractivity contribution in [3.8, 4) is 0 Å². The van der Waals surface area contributed by atoms with E-state index in [1.165, 1.54) is 0 Å². The Balaban J connectivity index is 2.50. The van der Waals surface area contributed by atoms with Crippen LogP contribution < -0.4 is 16.4 Å². The number of halogens is 1. The minimum Gasteiger partial charge on any atom is -0.316 e. The van der Waals surface area contributed by atoms with Gasteiger partial charge in [-0.1, -0.05) is 22.9 Å². The van der Waals surface area contributed by atoms with Crippen molar-refractivity contribution in [2.45, 2.75) is 25.7 Å². The molecular formula is C12H15BrN3O2P. The zero-order valence-electron chi connectivity index (χ0n) is 10.4. The highest BCUT2D eigenvalue weighted by Crippen LogP contribution is 2.20. The van der Waals surface area contributed by atoms with E-state index in [-0.39, 0.29) is 0 Å². The zero-order valence-corrected chi connectivity index (χ0v) is 13.2. The summed E-state index contributed by atoms with van der Waals surface area (Å²) in [5.41, 5.74) is 0.941. The lowest BCUT2D eigenvalue weighted by atomic mass is 10.1. The number of fused-ring (bicyclic) bond motifs is 1. The summed E-state index contributed by atoms with van der Waals surface area (Å²) in [6, 6.07) is 3.70. The molecule has 0 saturated heterocycles. The van der Waals surface area contributed by atoms with Gasteiger partial charge in [0.15, 0.2) is 0 Å². The third kappa shape index (κ3) is 3.32. The second kappa shape index (κ2) is 5.99.